The molecule has 9 atom stereocenters. The molecule has 0 aromatic heterocycles. The molecular formula is C34H51NO6. The normalized spacial score (nSPS) is 46.6. The van der Waals surface area contributed by atoms with E-state index >= 15 is 0 Å². The van der Waals surface area contributed by atoms with Crippen LogP contribution in [-0.2, 0) is 19.2 Å². The molecule has 7 heteroatoms. The fraction of sp³-hybridized carbons (Fsp3) is 0.824. The molecule has 0 spiro atoms. The topological polar surface area (TPSA) is 121 Å². The Morgan fingerprint density at radius 2 is 1.54 bits per heavy atom. The van der Waals surface area contributed by atoms with Crippen LogP contribution in [0.2, 0.25) is 0 Å². The predicted molar refractivity (Wildman–Crippen MR) is 156 cm³/mol. The van der Waals surface area contributed by atoms with Crippen molar-refractivity contribution in [3.05, 3.63) is 11.6 Å². The number of carboxylic acid groups (broad SMARTS) is 2. The second kappa shape index (κ2) is 9.41. The lowest BCUT2D eigenvalue weighted by atomic mass is 9.33. The largest absolute Gasteiger partial charge is 0.481 e. The highest BCUT2D eigenvalue weighted by Crippen LogP contribution is 2.75. The van der Waals surface area contributed by atoms with Crippen LogP contribution in [0.15, 0.2) is 11.6 Å². The quantitative estimate of drug-likeness (QED) is 0.352. The summed E-state index contributed by atoms with van der Waals surface area (Å²) in [5, 5.41) is 22.3. The van der Waals surface area contributed by atoms with Crippen LogP contribution in [0.25, 0.3) is 0 Å². The van der Waals surface area contributed by atoms with Crippen molar-refractivity contribution in [2.24, 2.45) is 50.2 Å². The van der Waals surface area contributed by atoms with Gasteiger partial charge in [-0.05, 0) is 110 Å². The lowest BCUT2D eigenvalue weighted by Crippen LogP contribution is -2.67. The van der Waals surface area contributed by atoms with Crippen molar-refractivity contribution >= 4 is 23.6 Å². The third-order valence-corrected chi connectivity index (χ3v) is 14.0. The van der Waals surface area contributed by atoms with Crippen LogP contribution in [0.1, 0.15) is 119 Å². The highest BCUT2D eigenvalue weighted by molar-refractivity contribution is 5.95. The summed E-state index contributed by atoms with van der Waals surface area (Å²) < 4.78 is 0. The van der Waals surface area contributed by atoms with Crippen molar-refractivity contribution in [3.63, 3.8) is 0 Å². The molecule has 4 saturated carbocycles. The molecule has 0 heterocycles. The van der Waals surface area contributed by atoms with E-state index in [4.69, 9.17) is 5.11 Å². The Morgan fingerprint density at radius 1 is 0.878 bits per heavy atom. The summed E-state index contributed by atoms with van der Waals surface area (Å²) in [5.41, 5.74) is -0.338. The van der Waals surface area contributed by atoms with E-state index in [1.165, 1.54) is 5.57 Å². The molecule has 1 amide bonds. The van der Waals surface area contributed by atoms with Crippen molar-refractivity contribution in [3.8, 4) is 0 Å². The second-order valence-electron chi connectivity index (χ2n) is 16.4. The van der Waals surface area contributed by atoms with Gasteiger partial charge in [0.2, 0.25) is 5.91 Å². The van der Waals surface area contributed by atoms with E-state index in [-0.39, 0.29) is 75.4 Å². The zero-order valence-electron chi connectivity index (χ0n) is 26.2. The van der Waals surface area contributed by atoms with Gasteiger partial charge in [0.1, 0.15) is 0 Å². The maximum atomic E-state index is 14.5. The highest BCUT2D eigenvalue weighted by Gasteiger charge is 2.70. The number of rotatable bonds is 5. The minimum atomic E-state index is -0.970. The van der Waals surface area contributed by atoms with Crippen molar-refractivity contribution < 1.29 is 29.4 Å². The van der Waals surface area contributed by atoms with Crippen molar-refractivity contribution in [2.75, 3.05) is 0 Å². The van der Waals surface area contributed by atoms with Crippen LogP contribution in [0, 0.1) is 50.2 Å². The van der Waals surface area contributed by atoms with Gasteiger partial charge in [-0.15, -0.1) is 0 Å². The molecule has 0 aromatic rings. The van der Waals surface area contributed by atoms with Crippen LogP contribution in [0.4, 0.5) is 0 Å². The number of fused-ring (bicyclic) bond motifs is 7. The lowest BCUT2D eigenvalue weighted by molar-refractivity contribution is -0.190. The molecule has 0 aliphatic heterocycles. The number of carbonyl (C=O) groups is 4. The van der Waals surface area contributed by atoms with Crippen molar-refractivity contribution in [1.82, 2.24) is 5.32 Å². The van der Waals surface area contributed by atoms with Gasteiger partial charge in [-0.25, -0.2) is 0 Å². The average molecular weight is 570 g/mol. The molecule has 0 saturated heterocycles. The summed E-state index contributed by atoms with van der Waals surface area (Å²) in [7, 11) is 0. The van der Waals surface area contributed by atoms with Crippen LogP contribution < -0.4 is 5.32 Å². The number of aliphatic carboxylic acids is 2. The van der Waals surface area contributed by atoms with Crippen LogP contribution in [0.3, 0.4) is 0 Å². The molecule has 2 unspecified atom stereocenters. The Bertz CT molecular complexity index is 1210. The van der Waals surface area contributed by atoms with E-state index in [2.05, 4.69) is 46.9 Å². The molecule has 228 valence electrons. The molecule has 4 fully saturated rings. The maximum absolute atomic E-state index is 14.5. The zero-order chi connectivity index (χ0) is 30.4. The molecule has 0 bridgehead atoms. The SMILES string of the molecule is CC1(C)C2CC[C@]3(C)C(C(=O)C=C4[C@@H]5C[C@@](C)(C(=O)O)CC[C@]5(C)CC[C@]43C)[C@@]2(C)CC[C@@H]1NC(=O)CCC(=O)O. The van der Waals surface area contributed by atoms with Crippen LogP contribution >= 0.6 is 0 Å². The van der Waals surface area contributed by atoms with Gasteiger partial charge in [-0.3, -0.25) is 19.2 Å². The number of nitrogens with one attached hydrogen (secondary N) is 1. The fourth-order valence-electron chi connectivity index (χ4n) is 11.1. The number of hydrogen-bond donors (Lipinski definition) is 3. The van der Waals surface area contributed by atoms with Gasteiger partial charge >= 0.3 is 11.9 Å². The van der Waals surface area contributed by atoms with Gasteiger partial charge in [0.25, 0.3) is 0 Å². The first-order chi connectivity index (χ1) is 18.8. The molecular weight excluding hydrogens is 518 g/mol. The van der Waals surface area contributed by atoms with E-state index in [1.807, 2.05) is 13.0 Å². The van der Waals surface area contributed by atoms with E-state index in [9.17, 15) is 24.3 Å². The Morgan fingerprint density at radius 3 is 2.17 bits per heavy atom. The van der Waals surface area contributed by atoms with Gasteiger partial charge < -0.3 is 15.5 Å². The first-order valence-corrected chi connectivity index (χ1v) is 15.8. The summed E-state index contributed by atoms with van der Waals surface area (Å²) >= 11 is 0. The maximum Gasteiger partial charge on any atom is 0.309 e. The Labute approximate surface area is 245 Å². The Balaban J connectivity index is 1.49. The number of carbonyl (C=O) groups excluding carboxylic acids is 2. The van der Waals surface area contributed by atoms with E-state index in [0.29, 0.717) is 12.8 Å². The summed E-state index contributed by atoms with van der Waals surface area (Å²) in [4.78, 5) is 50.4. The Kier molecular flexibility index (Phi) is 6.95. The van der Waals surface area contributed by atoms with Crippen molar-refractivity contribution in [1.29, 1.82) is 0 Å². The molecule has 3 N–H and O–H groups in total. The minimum Gasteiger partial charge on any atom is -0.481 e. The van der Waals surface area contributed by atoms with Gasteiger partial charge in [-0.2, -0.15) is 0 Å². The average Bonchev–Trinajstić information content (AvgIpc) is 2.86. The third kappa shape index (κ3) is 4.25. The van der Waals surface area contributed by atoms with Gasteiger partial charge in [0.05, 0.1) is 11.8 Å². The van der Waals surface area contributed by atoms with E-state index in [1.54, 1.807) is 0 Å². The highest BCUT2D eigenvalue weighted by atomic mass is 16.4. The molecule has 41 heavy (non-hydrogen) atoms. The summed E-state index contributed by atoms with van der Waals surface area (Å²) in [5.74, 6) is -1.45. The summed E-state index contributed by atoms with van der Waals surface area (Å²) in [6.07, 6.45) is 9.58. The number of ketones is 1. The molecule has 7 nitrogen and oxygen atoms in total. The van der Waals surface area contributed by atoms with E-state index < -0.39 is 17.4 Å². The van der Waals surface area contributed by atoms with E-state index in [0.717, 1.165) is 44.9 Å². The Hall–Kier alpha value is -2.18. The smallest absolute Gasteiger partial charge is 0.309 e. The minimum absolute atomic E-state index is 0.0179. The lowest BCUT2D eigenvalue weighted by Gasteiger charge is -2.70. The number of allylic oxidation sites excluding steroid dienone is 2. The van der Waals surface area contributed by atoms with Crippen molar-refractivity contribution in [2.45, 2.75) is 125 Å². The van der Waals surface area contributed by atoms with Gasteiger partial charge in [0.15, 0.2) is 5.78 Å². The molecule has 5 rings (SSSR count). The first-order valence-electron chi connectivity index (χ1n) is 15.8. The number of carboxylic acids is 2. The standard InChI is InChI=1S/C34H51NO6/c1-29(2)23-10-13-34(7)27(32(23,5)12-11-24(29)35-25(37)8-9-26(38)39)22(36)18-20-21-19-31(4,28(40)41)15-14-30(21,3)16-17-33(20,34)6/h18,21,23-24,27H,8-17,19H2,1-7H3,(H,35,37)(H,38,39)(H,40,41)/t21-,23?,24-,27?,30+,31-,32-,33+,34+/m0/s1. The summed E-state index contributed by atoms with van der Waals surface area (Å²) in [6, 6.07) is -0.0575. The third-order valence-electron chi connectivity index (χ3n) is 14.0. The molecule has 0 aromatic carbocycles. The van der Waals surface area contributed by atoms with Gasteiger partial charge in [0, 0.05) is 18.4 Å². The number of hydrogen-bond acceptors (Lipinski definition) is 4. The predicted octanol–water partition coefficient (Wildman–Crippen LogP) is 6.40. The molecule has 5 aliphatic carbocycles. The van der Waals surface area contributed by atoms with Crippen LogP contribution in [-0.4, -0.2) is 39.9 Å². The summed E-state index contributed by atoms with van der Waals surface area (Å²) in [6.45, 7) is 15.7. The molecule has 0 radical (unpaired) electrons. The first kappa shape index (κ1) is 30.3. The molecule has 5 aliphatic rings. The second-order valence-corrected chi connectivity index (χ2v) is 16.4. The monoisotopic (exact) mass is 569 g/mol. The number of amides is 1. The fourth-order valence-corrected chi connectivity index (χ4v) is 11.1. The zero-order valence-corrected chi connectivity index (χ0v) is 26.2. The van der Waals surface area contributed by atoms with Crippen LogP contribution in [0.5, 0.6) is 0 Å². The van der Waals surface area contributed by atoms with Gasteiger partial charge in [-0.1, -0.05) is 47.1 Å².